The zero-order valence-corrected chi connectivity index (χ0v) is 30.1. The number of anilines is 3. The third-order valence-electron chi connectivity index (χ3n) is 9.02. The van der Waals surface area contributed by atoms with E-state index >= 15 is 0 Å². The van der Waals surface area contributed by atoms with Gasteiger partial charge in [-0.15, -0.1) is 0 Å². The predicted octanol–water partition coefficient (Wildman–Crippen LogP) is 9.58. The summed E-state index contributed by atoms with van der Waals surface area (Å²) < 4.78 is 5.72. The summed E-state index contributed by atoms with van der Waals surface area (Å²) in [6, 6.07) is 31.0. The molecule has 0 saturated heterocycles. The molecule has 0 spiro atoms. The fraction of sp³-hybridized carbons (Fsp3) is 0.415. The third-order valence-corrected chi connectivity index (χ3v) is 9.35. The van der Waals surface area contributed by atoms with Gasteiger partial charge in [0.05, 0.1) is 31.6 Å². The molecule has 0 aliphatic rings. The fourth-order valence-electron chi connectivity index (χ4n) is 6.39. The Balaban J connectivity index is 1.88. The summed E-state index contributed by atoms with van der Waals surface area (Å²) >= 11 is 7.25. The van der Waals surface area contributed by atoms with E-state index in [0.717, 1.165) is 50.2 Å². The molecule has 0 amide bonds. The van der Waals surface area contributed by atoms with Crippen LogP contribution in [0.2, 0.25) is 5.02 Å². The van der Waals surface area contributed by atoms with Gasteiger partial charge in [0.25, 0.3) is 0 Å². The lowest BCUT2D eigenvalue weighted by Crippen LogP contribution is -2.28. The molecule has 1 unspecified atom stereocenters. The molecule has 1 atom stereocenters. The zero-order valence-electron chi connectivity index (χ0n) is 29.3. The first-order chi connectivity index (χ1) is 23.4. The minimum absolute atomic E-state index is 0.120. The van der Waals surface area contributed by atoms with Crippen molar-refractivity contribution >= 4 is 39.4 Å². The standard InChI is InChI=1S/C41H50ClN5O/c1-6-9-24-47(27-28-48-8-3)33-15-13-32(14-16-33)41(36-20-21-40(45(4)5)35-18-12-31(7-2)29-38(35)36)37-19-17-34(30-39(37)42)46(25-10-22-43)26-11-23-44/h12-21,29-30,41H,6-11,24-28H2,1-5H3. The highest BCUT2D eigenvalue weighted by molar-refractivity contribution is 6.31. The van der Waals surface area contributed by atoms with Crippen LogP contribution in [0.4, 0.5) is 17.1 Å². The van der Waals surface area contributed by atoms with Crippen LogP contribution >= 0.6 is 11.6 Å². The number of ether oxygens (including phenoxy) is 1. The lowest BCUT2D eigenvalue weighted by molar-refractivity contribution is 0.153. The topological polar surface area (TPSA) is 66.5 Å². The van der Waals surface area contributed by atoms with Gasteiger partial charge in [0.15, 0.2) is 0 Å². The Morgan fingerprint density at radius 3 is 2.00 bits per heavy atom. The van der Waals surface area contributed by atoms with E-state index in [4.69, 9.17) is 16.3 Å². The van der Waals surface area contributed by atoms with Crippen molar-refractivity contribution in [2.24, 2.45) is 0 Å². The summed E-state index contributed by atoms with van der Waals surface area (Å²) in [5.41, 5.74) is 7.98. The van der Waals surface area contributed by atoms with Crippen molar-refractivity contribution < 1.29 is 4.74 Å². The molecule has 7 heteroatoms. The van der Waals surface area contributed by atoms with E-state index in [0.29, 0.717) is 37.6 Å². The Kier molecular flexibility index (Phi) is 14.0. The van der Waals surface area contributed by atoms with Crippen LogP contribution in [0.15, 0.2) is 72.8 Å². The van der Waals surface area contributed by atoms with E-state index in [1.807, 2.05) is 13.0 Å². The molecule has 0 aliphatic carbocycles. The van der Waals surface area contributed by atoms with Crippen LogP contribution in [0.25, 0.3) is 10.8 Å². The van der Waals surface area contributed by atoms with Crippen molar-refractivity contribution in [1.82, 2.24) is 0 Å². The van der Waals surface area contributed by atoms with Gasteiger partial charge in [-0.25, -0.2) is 0 Å². The highest BCUT2D eigenvalue weighted by Gasteiger charge is 2.24. The molecule has 0 N–H and O–H groups in total. The Morgan fingerprint density at radius 2 is 1.40 bits per heavy atom. The maximum atomic E-state index is 9.26. The number of rotatable bonds is 18. The minimum atomic E-state index is -0.120. The number of halogens is 1. The minimum Gasteiger partial charge on any atom is -0.380 e. The van der Waals surface area contributed by atoms with Crippen molar-refractivity contribution in [3.8, 4) is 12.1 Å². The quantitative estimate of drug-likeness (QED) is 0.0780. The van der Waals surface area contributed by atoms with Crippen LogP contribution < -0.4 is 14.7 Å². The lowest BCUT2D eigenvalue weighted by Gasteiger charge is -2.28. The van der Waals surface area contributed by atoms with Gasteiger partial charge in [0, 0.05) is 80.3 Å². The molecule has 0 bridgehead atoms. The normalized spacial score (nSPS) is 11.6. The first-order valence-corrected chi connectivity index (χ1v) is 17.7. The van der Waals surface area contributed by atoms with Gasteiger partial charge in [-0.1, -0.05) is 74.3 Å². The molecule has 0 saturated carbocycles. The third kappa shape index (κ3) is 9.01. The van der Waals surface area contributed by atoms with Gasteiger partial charge in [0.2, 0.25) is 0 Å². The summed E-state index contributed by atoms with van der Waals surface area (Å²) in [5, 5.41) is 21.6. The van der Waals surface area contributed by atoms with E-state index in [1.54, 1.807) is 0 Å². The van der Waals surface area contributed by atoms with Crippen LogP contribution in [-0.4, -0.2) is 53.5 Å². The molecule has 252 valence electrons. The number of hydrogen-bond acceptors (Lipinski definition) is 6. The molecule has 0 aliphatic heterocycles. The smallest absolute Gasteiger partial charge is 0.0641 e. The fourth-order valence-corrected chi connectivity index (χ4v) is 6.68. The monoisotopic (exact) mass is 663 g/mol. The number of hydrogen-bond donors (Lipinski definition) is 0. The molecular weight excluding hydrogens is 614 g/mol. The SMILES string of the molecule is CCCCN(CCOCC)c1ccc(C(c2ccc(N(CCC#N)CCC#N)cc2Cl)c2ccc(N(C)C)c3ccc(CC)cc23)cc1. The molecule has 4 aromatic carbocycles. The average Bonchev–Trinajstić information content (AvgIpc) is 3.10. The summed E-state index contributed by atoms with van der Waals surface area (Å²) in [7, 11) is 4.18. The second kappa shape index (κ2) is 18.3. The summed E-state index contributed by atoms with van der Waals surface area (Å²) in [5.74, 6) is -0.120. The van der Waals surface area contributed by atoms with E-state index in [2.05, 4.69) is 122 Å². The molecule has 0 heterocycles. The first kappa shape index (κ1) is 36.6. The Bertz CT molecular complexity index is 1690. The molecule has 6 nitrogen and oxygen atoms in total. The maximum Gasteiger partial charge on any atom is 0.0641 e. The second-order valence-corrected chi connectivity index (χ2v) is 12.8. The number of benzene rings is 4. The van der Waals surface area contributed by atoms with Gasteiger partial charge in [-0.3, -0.25) is 0 Å². The summed E-state index contributed by atoms with van der Waals surface area (Å²) in [6.45, 7) is 10.8. The van der Waals surface area contributed by atoms with E-state index < -0.39 is 0 Å². The summed E-state index contributed by atoms with van der Waals surface area (Å²) in [6.07, 6.45) is 3.97. The number of unbranched alkanes of at least 4 members (excludes halogenated alkanes) is 1. The Labute approximate surface area is 293 Å². The van der Waals surface area contributed by atoms with Gasteiger partial charge >= 0.3 is 0 Å². The predicted molar refractivity (Wildman–Crippen MR) is 203 cm³/mol. The van der Waals surface area contributed by atoms with Crippen molar-refractivity contribution in [3.05, 3.63) is 100 Å². The van der Waals surface area contributed by atoms with Gasteiger partial charge in [0.1, 0.15) is 0 Å². The molecular formula is C41H50ClN5O. The highest BCUT2D eigenvalue weighted by atomic mass is 35.5. The average molecular weight is 664 g/mol. The van der Waals surface area contributed by atoms with Crippen LogP contribution in [0, 0.1) is 22.7 Å². The van der Waals surface area contributed by atoms with E-state index in [-0.39, 0.29) is 5.92 Å². The Morgan fingerprint density at radius 1 is 0.729 bits per heavy atom. The lowest BCUT2D eigenvalue weighted by atomic mass is 9.81. The molecule has 0 aromatic heterocycles. The van der Waals surface area contributed by atoms with Gasteiger partial charge in [-0.05, 0) is 77.7 Å². The van der Waals surface area contributed by atoms with Crippen molar-refractivity contribution in [2.75, 3.05) is 68.2 Å². The van der Waals surface area contributed by atoms with E-state index in [9.17, 15) is 10.5 Å². The van der Waals surface area contributed by atoms with E-state index in [1.165, 1.54) is 38.8 Å². The van der Waals surface area contributed by atoms with Gasteiger partial charge < -0.3 is 19.4 Å². The largest absolute Gasteiger partial charge is 0.380 e. The Hall–Kier alpha value is -4.23. The molecule has 4 aromatic rings. The zero-order chi connectivity index (χ0) is 34.5. The van der Waals surface area contributed by atoms with Crippen molar-refractivity contribution in [1.29, 1.82) is 10.5 Å². The summed E-state index contributed by atoms with van der Waals surface area (Å²) in [4.78, 5) is 6.67. The van der Waals surface area contributed by atoms with Crippen molar-refractivity contribution in [3.63, 3.8) is 0 Å². The molecule has 0 radical (unpaired) electrons. The van der Waals surface area contributed by atoms with Crippen LogP contribution in [0.3, 0.4) is 0 Å². The number of nitrogens with zero attached hydrogens (tertiary/aromatic N) is 5. The van der Waals surface area contributed by atoms with Crippen molar-refractivity contribution in [2.45, 2.75) is 58.8 Å². The number of aryl methyl sites for hydroxylation is 1. The number of fused-ring (bicyclic) bond motifs is 1. The molecule has 4 rings (SSSR count). The van der Waals surface area contributed by atoms with Crippen LogP contribution in [0.5, 0.6) is 0 Å². The molecule has 48 heavy (non-hydrogen) atoms. The number of nitriles is 2. The van der Waals surface area contributed by atoms with Crippen LogP contribution in [-0.2, 0) is 11.2 Å². The second-order valence-electron chi connectivity index (χ2n) is 12.4. The maximum absolute atomic E-state index is 9.26. The molecule has 0 fully saturated rings. The highest BCUT2D eigenvalue weighted by Crippen LogP contribution is 2.43. The van der Waals surface area contributed by atoms with Gasteiger partial charge in [-0.2, -0.15) is 10.5 Å². The van der Waals surface area contributed by atoms with Crippen LogP contribution in [0.1, 0.15) is 74.6 Å². The first-order valence-electron chi connectivity index (χ1n) is 17.3.